The molecule has 0 aliphatic carbocycles. The Morgan fingerprint density at radius 2 is 2.21 bits per heavy atom. The number of amides is 1. The molecule has 1 aromatic carbocycles. The average molecular weight is 305 g/mol. The molecule has 0 aliphatic heterocycles. The second kappa shape index (κ2) is 5.30. The van der Waals surface area contributed by atoms with E-state index in [1.165, 1.54) is 7.05 Å². The average Bonchev–Trinajstić information content (AvgIpc) is 2.66. The van der Waals surface area contributed by atoms with Crippen molar-refractivity contribution in [3.05, 3.63) is 28.1 Å². The maximum Gasteiger partial charge on any atom is 0.266 e. The zero-order chi connectivity index (χ0) is 14.2. The number of carbonyl (C=O) groups excluding carboxylic acids is 1. The van der Waals surface area contributed by atoms with Crippen molar-refractivity contribution in [2.45, 2.75) is 6.43 Å². The molecule has 19 heavy (non-hydrogen) atoms. The van der Waals surface area contributed by atoms with Gasteiger partial charge < -0.3 is 10.6 Å². The summed E-state index contributed by atoms with van der Waals surface area (Å²) in [4.78, 5) is 13.3. The molecule has 102 valence electrons. The van der Waals surface area contributed by atoms with Crippen LogP contribution in [0.15, 0.2) is 18.2 Å². The van der Waals surface area contributed by atoms with Gasteiger partial charge in [-0.05, 0) is 12.1 Å². The normalized spacial score (nSPS) is 11.2. The molecule has 1 heterocycles. The molecule has 0 radical (unpaired) electrons. The zero-order valence-corrected chi connectivity index (χ0v) is 11.6. The van der Waals surface area contributed by atoms with Crippen molar-refractivity contribution in [1.82, 2.24) is 4.90 Å². The molecule has 2 rings (SSSR count). The van der Waals surface area contributed by atoms with Gasteiger partial charge in [0, 0.05) is 17.1 Å². The first kappa shape index (κ1) is 14.0. The summed E-state index contributed by atoms with van der Waals surface area (Å²) in [7, 11) is 1.32. The molecule has 0 atom stereocenters. The number of alkyl halides is 2. The van der Waals surface area contributed by atoms with Crippen LogP contribution in [0.5, 0.6) is 0 Å². The van der Waals surface area contributed by atoms with Gasteiger partial charge in [0.05, 0.1) is 17.3 Å². The van der Waals surface area contributed by atoms with Crippen molar-refractivity contribution in [1.29, 1.82) is 0 Å². The number of carbonyl (C=O) groups is 1. The van der Waals surface area contributed by atoms with E-state index in [1.807, 2.05) is 0 Å². The smallest absolute Gasteiger partial charge is 0.266 e. The molecule has 0 bridgehead atoms. The molecule has 0 unspecified atom stereocenters. The number of hydrogen-bond donors (Lipinski definition) is 1. The van der Waals surface area contributed by atoms with Gasteiger partial charge in [0.1, 0.15) is 4.88 Å². The van der Waals surface area contributed by atoms with Gasteiger partial charge in [0.25, 0.3) is 12.3 Å². The quantitative estimate of drug-likeness (QED) is 0.943. The van der Waals surface area contributed by atoms with Crippen molar-refractivity contribution >= 4 is 44.6 Å². The highest BCUT2D eigenvalue weighted by molar-refractivity contribution is 7.21. The van der Waals surface area contributed by atoms with Crippen LogP contribution in [0.3, 0.4) is 0 Å². The van der Waals surface area contributed by atoms with Gasteiger partial charge in [-0.2, -0.15) is 0 Å². The molecule has 0 saturated carbocycles. The van der Waals surface area contributed by atoms with Gasteiger partial charge in [0.2, 0.25) is 0 Å². The van der Waals surface area contributed by atoms with Crippen LogP contribution in [0.4, 0.5) is 14.5 Å². The highest BCUT2D eigenvalue weighted by Crippen LogP contribution is 2.38. The fourth-order valence-electron chi connectivity index (χ4n) is 1.75. The Labute approximate surface area is 117 Å². The van der Waals surface area contributed by atoms with E-state index in [9.17, 15) is 13.6 Å². The Morgan fingerprint density at radius 3 is 2.79 bits per heavy atom. The lowest BCUT2D eigenvalue weighted by molar-refractivity contribution is 0.0625. The summed E-state index contributed by atoms with van der Waals surface area (Å²) in [5.74, 6) is -0.518. The van der Waals surface area contributed by atoms with Crippen molar-refractivity contribution in [3.63, 3.8) is 0 Å². The van der Waals surface area contributed by atoms with E-state index in [2.05, 4.69) is 0 Å². The van der Waals surface area contributed by atoms with Crippen LogP contribution >= 0.6 is 22.9 Å². The molecule has 0 aliphatic rings. The number of hydrogen-bond acceptors (Lipinski definition) is 3. The predicted molar refractivity (Wildman–Crippen MR) is 74.2 cm³/mol. The van der Waals surface area contributed by atoms with E-state index in [0.717, 1.165) is 20.9 Å². The van der Waals surface area contributed by atoms with Crippen molar-refractivity contribution < 1.29 is 13.6 Å². The molecular weight excluding hydrogens is 294 g/mol. The number of anilines is 1. The summed E-state index contributed by atoms with van der Waals surface area (Å²) in [6, 6.07) is 5.20. The Kier molecular flexibility index (Phi) is 3.91. The van der Waals surface area contributed by atoms with Crippen molar-refractivity contribution in [2.75, 3.05) is 19.3 Å². The molecule has 0 spiro atoms. The second-order valence-electron chi connectivity index (χ2n) is 4.03. The first-order valence-corrected chi connectivity index (χ1v) is 6.61. The van der Waals surface area contributed by atoms with E-state index in [-0.39, 0.29) is 10.6 Å². The number of fused-ring (bicyclic) bond motifs is 1. The summed E-state index contributed by atoms with van der Waals surface area (Å²) in [6.45, 7) is -0.625. The summed E-state index contributed by atoms with van der Waals surface area (Å²) >= 11 is 7.18. The molecule has 0 saturated heterocycles. The lowest BCUT2D eigenvalue weighted by Crippen LogP contribution is -2.31. The highest BCUT2D eigenvalue weighted by Gasteiger charge is 2.22. The number of halogens is 3. The monoisotopic (exact) mass is 304 g/mol. The predicted octanol–water partition coefficient (Wildman–Crippen LogP) is 3.47. The zero-order valence-electron chi connectivity index (χ0n) is 9.99. The van der Waals surface area contributed by atoms with Crippen molar-refractivity contribution in [3.8, 4) is 0 Å². The fraction of sp³-hybridized carbons (Fsp3) is 0.250. The van der Waals surface area contributed by atoms with Crippen LogP contribution in [0.1, 0.15) is 9.67 Å². The Bertz CT molecular complexity index is 629. The van der Waals surface area contributed by atoms with Crippen molar-refractivity contribution in [2.24, 2.45) is 0 Å². The van der Waals surface area contributed by atoms with E-state index in [0.29, 0.717) is 10.4 Å². The number of nitrogen functional groups attached to an aromatic ring is 1. The van der Waals surface area contributed by atoms with Crippen LogP contribution in [-0.2, 0) is 0 Å². The van der Waals surface area contributed by atoms with Gasteiger partial charge in [-0.25, -0.2) is 8.78 Å². The van der Waals surface area contributed by atoms with Gasteiger partial charge in [-0.15, -0.1) is 11.3 Å². The largest absolute Gasteiger partial charge is 0.397 e. The summed E-state index contributed by atoms with van der Waals surface area (Å²) < 4.78 is 25.3. The van der Waals surface area contributed by atoms with Gasteiger partial charge in [0.15, 0.2) is 0 Å². The third-order valence-corrected chi connectivity index (χ3v) is 4.13. The molecule has 7 heteroatoms. The third-order valence-electron chi connectivity index (χ3n) is 2.65. The molecular formula is C12H11ClF2N2OS. The number of benzene rings is 1. The van der Waals surface area contributed by atoms with E-state index in [1.54, 1.807) is 18.2 Å². The minimum atomic E-state index is -2.58. The third kappa shape index (κ3) is 2.64. The number of rotatable bonds is 3. The second-order valence-corrected chi connectivity index (χ2v) is 5.49. The molecule has 2 aromatic rings. The SMILES string of the molecule is CN(CC(F)F)C(=O)c1sc2cccc(Cl)c2c1N. The van der Waals surface area contributed by atoms with Crippen LogP contribution in [0.2, 0.25) is 5.02 Å². The van der Waals surface area contributed by atoms with Crippen LogP contribution in [0, 0.1) is 0 Å². The number of thiophene rings is 1. The highest BCUT2D eigenvalue weighted by atomic mass is 35.5. The number of nitrogens with two attached hydrogens (primary N) is 1. The topological polar surface area (TPSA) is 46.3 Å². The lowest BCUT2D eigenvalue weighted by Gasteiger charge is -2.15. The number of nitrogens with zero attached hydrogens (tertiary/aromatic N) is 1. The Balaban J connectivity index is 2.43. The van der Waals surface area contributed by atoms with E-state index in [4.69, 9.17) is 17.3 Å². The summed E-state index contributed by atoms with van der Waals surface area (Å²) in [6.07, 6.45) is -2.58. The Hall–Kier alpha value is -1.40. The van der Waals surface area contributed by atoms with Crippen LogP contribution in [-0.4, -0.2) is 30.8 Å². The standard InChI is InChI=1S/C12H11ClF2N2OS/c1-17(5-8(14)15)12(18)11-10(16)9-6(13)3-2-4-7(9)19-11/h2-4,8H,5,16H2,1H3. The lowest BCUT2D eigenvalue weighted by atomic mass is 10.2. The maximum absolute atomic E-state index is 12.3. The van der Waals surface area contributed by atoms with Gasteiger partial charge >= 0.3 is 0 Å². The minimum absolute atomic E-state index is 0.242. The van der Waals surface area contributed by atoms with Gasteiger partial charge in [-0.1, -0.05) is 17.7 Å². The first-order valence-electron chi connectivity index (χ1n) is 5.42. The van der Waals surface area contributed by atoms with Crippen LogP contribution < -0.4 is 5.73 Å². The van der Waals surface area contributed by atoms with E-state index < -0.39 is 18.9 Å². The minimum Gasteiger partial charge on any atom is -0.397 e. The first-order chi connectivity index (χ1) is 8.91. The summed E-state index contributed by atoms with van der Waals surface area (Å²) in [5.41, 5.74) is 6.15. The van der Waals surface area contributed by atoms with Gasteiger partial charge in [-0.3, -0.25) is 4.79 Å². The van der Waals surface area contributed by atoms with Crippen LogP contribution in [0.25, 0.3) is 10.1 Å². The maximum atomic E-state index is 12.3. The molecule has 1 amide bonds. The molecule has 0 fully saturated rings. The molecule has 1 aromatic heterocycles. The summed E-state index contributed by atoms with van der Waals surface area (Å²) in [5, 5.41) is 1.05. The van der Waals surface area contributed by atoms with E-state index >= 15 is 0 Å². The molecule has 2 N–H and O–H groups in total. The molecule has 3 nitrogen and oxygen atoms in total. The Morgan fingerprint density at radius 1 is 1.53 bits per heavy atom. The fourth-order valence-corrected chi connectivity index (χ4v) is 3.23.